The molecule has 1 aromatic heterocycles. The molecule has 2 N–H and O–H groups in total. The molecule has 1 aliphatic rings. The number of morpholine rings is 1. The number of hydrogen-bond donors (Lipinski definition) is 2. The highest BCUT2D eigenvalue weighted by Crippen LogP contribution is 2.28. The van der Waals surface area contributed by atoms with Crippen molar-refractivity contribution >= 4 is 22.6 Å². The summed E-state index contributed by atoms with van der Waals surface area (Å²) in [5.74, 6) is -0.296. The Bertz CT molecular complexity index is 884. The van der Waals surface area contributed by atoms with E-state index in [1.54, 1.807) is 18.5 Å². The minimum Gasteiger partial charge on any atom is -0.389 e. The van der Waals surface area contributed by atoms with E-state index in [4.69, 9.17) is 9.47 Å². The molecule has 1 saturated heterocycles. The first-order valence-electron chi connectivity index (χ1n) is 9.02. The number of nitrogens with one attached hydrogen (secondary N) is 1. The fraction of sp³-hybridized carbons (Fsp3) is 0.474. The molecule has 0 spiro atoms. The van der Waals surface area contributed by atoms with E-state index in [1.807, 2.05) is 17.9 Å². The molecule has 1 aromatic carbocycles. The van der Waals surface area contributed by atoms with Gasteiger partial charge < -0.3 is 24.8 Å². The minimum atomic E-state index is -0.774. The molecule has 2 aromatic rings. The van der Waals surface area contributed by atoms with Crippen LogP contribution >= 0.6 is 0 Å². The summed E-state index contributed by atoms with van der Waals surface area (Å²) < 4.78 is 10.7. The van der Waals surface area contributed by atoms with E-state index in [0.717, 1.165) is 5.69 Å². The maximum absolute atomic E-state index is 12.5. The van der Waals surface area contributed by atoms with Crippen LogP contribution in [-0.2, 0) is 14.3 Å². The molecule has 9 nitrogen and oxygen atoms in total. The molecule has 9 heteroatoms. The average Bonchev–Trinajstić information content (AvgIpc) is 2.71. The maximum Gasteiger partial charge on any atom is 0.251 e. The fourth-order valence-corrected chi connectivity index (χ4v) is 3.26. The number of methoxy groups -OCH3 is 1. The predicted octanol–water partition coefficient (Wildman–Crippen LogP) is 0.219. The molecule has 0 radical (unpaired) electrons. The van der Waals surface area contributed by atoms with Crippen LogP contribution in [0.3, 0.4) is 0 Å². The van der Waals surface area contributed by atoms with Crippen molar-refractivity contribution in [3.8, 4) is 6.07 Å². The van der Waals surface area contributed by atoms with E-state index >= 15 is 0 Å². The Morgan fingerprint density at radius 1 is 1.43 bits per heavy atom. The fourth-order valence-electron chi connectivity index (χ4n) is 3.26. The molecule has 148 valence electrons. The van der Waals surface area contributed by atoms with Gasteiger partial charge in [0.25, 0.3) is 5.91 Å². The number of carbonyl (C=O) groups is 1. The number of benzene rings is 1. The minimum absolute atomic E-state index is 0.0895. The van der Waals surface area contributed by atoms with Gasteiger partial charge in [0.05, 0.1) is 36.6 Å². The highest BCUT2D eigenvalue weighted by atomic mass is 16.5. The average molecular weight is 385 g/mol. The van der Waals surface area contributed by atoms with Crippen LogP contribution in [0, 0.1) is 11.3 Å². The van der Waals surface area contributed by atoms with Crippen LogP contribution in [0.2, 0.25) is 0 Å². The van der Waals surface area contributed by atoms with Crippen molar-refractivity contribution in [1.29, 1.82) is 5.26 Å². The lowest BCUT2D eigenvalue weighted by atomic mass is 10.1. The van der Waals surface area contributed by atoms with Gasteiger partial charge in [-0.25, -0.2) is 0 Å². The van der Waals surface area contributed by atoms with Crippen molar-refractivity contribution in [3.63, 3.8) is 0 Å². The van der Waals surface area contributed by atoms with Crippen LogP contribution in [0.15, 0.2) is 24.5 Å². The summed E-state index contributed by atoms with van der Waals surface area (Å²) >= 11 is 0. The Kier molecular flexibility index (Phi) is 6.36. The summed E-state index contributed by atoms with van der Waals surface area (Å²) in [5.41, 5.74) is 2.40. The lowest BCUT2D eigenvalue weighted by molar-refractivity contribution is -0.137. The van der Waals surface area contributed by atoms with E-state index in [0.29, 0.717) is 29.7 Å². The summed E-state index contributed by atoms with van der Waals surface area (Å²) in [6, 6.07) is 5.67. The number of carbonyl (C=O) groups excluding carboxylic acids is 1. The van der Waals surface area contributed by atoms with Crippen LogP contribution in [0.4, 0.5) is 5.69 Å². The SMILES string of the molecule is COC[C@@H](O)CNC(=O)[C@H]1CN(c2ccc(C#N)c3nccnc23)C[C@@H](C)O1. The van der Waals surface area contributed by atoms with Crippen molar-refractivity contribution in [3.05, 3.63) is 30.1 Å². The van der Waals surface area contributed by atoms with Crippen molar-refractivity contribution in [1.82, 2.24) is 15.3 Å². The number of fused-ring (bicyclic) bond motifs is 1. The maximum atomic E-state index is 12.5. The molecule has 2 heterocycles. The lowest BCUT2D eigenvalue weighted by Gasteiger charge is -2.37. The summed E-state index contributed by atoms with van der Waals surface area (Å²) in [5, 5.41) is 21.7. The van der Waals surface area contributed by atoms with Crippen molar-refractivity contribution in [2.24, 2.45) is 0 Å². The molecule has 28 heavy (non-hydrogen) atoms. The first kappa shape index (κ1) is 19.9. The van der Waals surface area contributed by atoms with E-state index in [-0.39, 0.29) is 25.2 Å². The van der Waals surface area contributed by atoms with E-state index in [9.17, 15) is 15.2 Å². The zero-order chi connectivity index (χ0) is 20.1. The van der Waals surface area contributed by atoms with Gasteiger partial charge in [0.2, 0.25) is 0 Å². The third-order valence-electron chi connectivity index (χ3n) is 4.49. The highest BCUT2D eigenvalue weighted by Gasteiger charge is 2.31. The Morgan fingerprint density at radius 3 is 2.89 bits per heavy atom. The van der Waals surface area contributed by atoms with E-state index in [1.165, 1.54) is 7.11 Å². The van der Waals surface area contributed by atoms with Gasteiger partial charge >= 0.3 is 0 Å². The molecular weight excluding hydrogens is 362 g/mol. The zero-order valence-electron chi connectivity index (χ0n) is 15.8. The molecule has 3 rings (SSSR count). The number of hydrogen-bond acceptors (Lipinski definition) is 8. The van der Waals surface area contributed by atoms with Crippen LogP contribution < -0.4 is 10.2 Å². The van der Waals surface area contributed by atoms with Gasteiger partial charge in [0, 0.05) is 32.6 Å². The highest BCUT2D eigenvalue weighted by molar-refractivity contribution is 5.92. The molecule has 0 aliphatic carbocycles. The number of amides is 1. The van der Waals surface area contributed by atoms with Gasteiger partial charge in [0.15, 0.2) is 6.10 Å². The van der Waals surface area contributed by atoms with E-state index in [2.05, 4.69) is 21.4 Å². The number of nitriles is 1. The topological polar surface area (TPSA) is 121 Å². The van der Waals surface area contributed by atoms with Crippen LogP contribution in [0.5, 0.6) is 0 Å². The quantitative estimate of drug-likeness (QED) is 0.724. The number of aliphatic hydroxyl groups excluding tert-OH is 1. The summed E-state index contributed by atoms with van der Waals surface area (Å²) in [7, 11) is 1.49. The molecule has 1 amide bonds. The Balaban J connectivity index is 1.79. The standard InChI is InChI=1S/C19H23N5O4/c1-12-9-24(10-16(28-12)19(26)23-8-14(25)11-27-2)15-4-3-13(7-20)17-18(15)22-6-5-21-17/h3-6,12,14,16,25H,8-11H2,1-2H3,(H,23,26)/t12-,14+,16-/m1/s1. The Morgan fingerprint density at radius 2 is 2.18 bits per heavy atom. The van der Waals surface area contributed by atoms with E-state index < -0.39 is 12.2 Å². The number of aliphatic hydroxyl groups is 1. The van der Waals surface area contributed by atoms with Gasteiger partial charge in [-0.2, -0.15) is 5.26 Å². The molecule has 3 atom stereocenters. The predicted molar refractivity (Wildman–Crippen MR) is 102 cm³/mol. The molecule has 0 saturated carbocycles. The van der Waals surface area contributed by atoms with Crippen molar-refractivity contribution in [2.75, 3.05) is 38.3 Å². The molecule has 1 aliphatic heterocycles. The summed E-state index contributed by atoms with van der Waals surface area (Å²) in [6.07, 6.45) is 1.48. The van der Waals surface area contributed by atoms with Crippen LogP contribution in [0.25, 0.3) is 11.0 Å². The van der Waals surface area contributed by atoms with Crippen LogP contribution in [0.1, 0.15) is 12.5 Å². The lowest BCUT2D eigenvalue weighted by Crippen LogP contribution is -2.53. The molecule has 0 bridgehead atoms. The zero-order valence-corrected chi connectivity index (χ0v) is 15.8. The number of aromatic nitrogens is 2. The number of ether oxygens (including phenoxy) is 2. The smallest absolute Gasteiger partial charge is 0.251 e. The largest absolute Gasteiger partial charge is 0.389 e. The second-order valence-corrected chi connectivity index (χ2v) is 6.69. The number of nitrogens with zero attached hydrogens (tertiary/aromatic N) is 4. The third kappa shape index (κ3) is 4.36. The normalized spacial score (nSPS) is 20.6. The first-order chi connectivity index (χ1) is 13.5. The second-order valence-electron chi connectivity index (χ2n) is 6.69. The van der Waals surface area contributed by atoms with Gasteiger partial charge in [-0.3, -0.25) is 14.8 Å². The monoisotopic (exact) mass is 385 g/mol. The Labute approximate surface area is 162 Å². The van der Waals surface area contributed by atoms with Crippen molar-refractivity contribution < 1.29 is 19.4 Å². The summed E-state index contributed by atoms with van der Waals surface area (Å²) in [6.45, 7) is 3.03. The molecule has 1 fully saturated rings. The third-order valence-corrected chi connectivity index (χ3v) is 4.49. The second kappa shape index (κ2) is 8.93. The Hall–Kier alpha value is -2.80. The van der Waals surface area contributed by atoms with Gasteiger partial charge in [-0.05, 0) is 19.1 Å². The van der Waals surface area contributed by atoms with Crippen LogP contribution in [-0.4, -0.2) is 72.6 Å². The number of rotatable bonds is 6. The first-order valence-corrected chi connectivity index (χ1v) is 9.02. The number of anilines is 1. The van der Waals surface area contributed by atoms with Gasteiger partial charge in [0.1, 0.15) is 17.1 Å². The summed E-state index contributed by atoms with van der Waals surface area (Å²) in [4.78, 5) is 23.2. The van der Waals surface area contributed by atoms with Crippen molar-refractivity contribution in [2.45, 2.75) is 25.2 Å². The van der Waals surface area contributed by atoms with Gasteiger partial charge in [-0.1, -0.05) is 0 Å². The molecular formula is C19H23N5O4. The molecule has 0 unspecified atom stereocenters. The van der Waals surface area contributed by atoms with Gasteiger partial charge in [-0.15, -0.1) is 0 Å².